The molecule has 0 fully saturated rings. The van der Waals surface area contributed by atoms with Gasteiger partial charge in [0.2, 0.25) is 0 Å². The van der Waals surface area contributed by atoms with E-state index in [4.69, 9.17) is 0 Å². The first-order valence-corrected chi connectivity index (χ1v) is 7.17. The van der Waals surface area contributed by atoms with Crippen molar-refractivity contribution in [3.63, 3.8) is 0 Å². The largest absolute Gasteiger partial charge is 0.312 e. The van der Waals surface area contributed by atoms with Crippen LogP contribution in [0, 0.1) is 12.8 Å². The summed E-state index contributed by atoms with van der Waals surface area (Å²) in [6.07, 6.45) is 4.10. The van der Waals surface area contributed by atoms with E-state index in [0.29, 0.717) is 5.92 Å². The molecule has 108 valence electrons. The third-order valence-electron chi connectivity index (χ3n) is 3.51. The molecule has 1 heterocycles. The minimum Gasteiger partial charge on any atom is -0.312 e. The molecule has 0 aliphatic heterocycles. The lowest BCUT2D eigenvalue weighted by atomic mass is 10.0. The minimum absolute atomic E-state index is 0.124. The number of likely N-dealkylation sites (N-methyl/N-ethyl adjacent to an activating group) is 1. The first kappa shape index (κ1) is 16.0. The van der Waals surface area contributed by atoms with Crippen LogP contribution < -0.4 is 5.56 Å². The van der Waals surface area contributed by atoms with E-state index in [0.717, 1.165) is 24.9 Å². The van der Waals surface area contributed by atoms with Crippen molar-refractivity contribution in [2.45, 2.75) is 46.6 Å². The van der Waals surface area contributed by atoms with Crippen molar-refractivity contribution in [3.8, 4) is 0 Å². The van der Waals surface area contributed by atoms with E-state index in [2.05, 4.69) is 46.0 Å². The minimum atomic E-state index is 0.124. The number of nitrogens with zero attached hydrogens (tertiary/aromatic N) is 2. The average Bonchev–Trinajstić information content (AvgIpc) is 2.26. The van der Waals surface area contributed by atoms with Gasteiger partial charge in [0.25, 0.3) is 5.56 Å². The molecule has 1 unspecified atom stereocenters. The molecule has 0 aliphatic carbocycles. The van der Waals surface area contributed by atoms with Gasteiger partial charge in [-0.25, -0.2) is 0 Å². The fraction of sp³-hybridized carbons (Fsp3) is 0.688. The monoisotopic (exact) mass is 264 g/mol. The molecule has 0 saturated heterocycles. The summed E-state index contributed by atoms with van der Waals surface area (Å²) in [6, 6.07) is 2.05. The Balaban J connectivity index is 2.98. The van der Waals surface area contributed by atoms with E-state index < -0.39 is 0 Å². The van der Waals surface area contributed by atoms with Crippen molar-refractivity contribution in [1.29, 1.82) is 0 Å². The predicted molar refractivity (Wildman–Crippen MR) is 81.9 cm³/mol. The molecule has 0 aliphatic rings. The zero-order chi connectivity index (χ0) is 14.6. The van der Waals surface area contributed by atoms with Crippen molar-refractivity contribution in [2.24, 2.45) is 5.92 Å². The van der Waals surface area contributed by atoms with Crippen LogP contribution in [0.3, 0.4) is 0 Å². The van der Waals surface area contributed by atoms with Crippen LogP contribution in [0.5, 0.6) is 0 Å². The quantitative estimate of drug-likeness (QED) is 0.789. The van der Waals surface area contributed by atoms with E-state index >= 15 is 0 Å². The van der Waals surface area contributed by atoms with Crippen LogP contribution >= 0.6 is 0 Å². The van der Waals surface area contributed by atoms with E-state index in [1.165, 1.54) is 5.56 Å². The molecular weight excluding hydrogens is 236 g/mol. The van der Waals surface area contributed by atoms with Crippen molar-refractivity contribution in [3.05, 3.63) is 33.7 Å². The van der Waals surface area contributed by atoms with Crippen molar-refractivity contribution in [2.75, 3.05) is 20.6 Å². The number of aromatic nitrogens is 1. The van der Waals surface area contributed by atoms with Gasteiger partial charge in [0.15, 0.2) is 0 Å². The second-order valence-electron chi connectivity index (χ2n) is 6.26. The zero-order valence-corrected chi connectivity index (χ0v) is 13.2. The number of aryl methyl sites for hydroxylation is 1. The molecule has 0 N–H and O–H groups in total. The summed E-state index contributed by atoms with van der Waals surface area (Å²) in [5, 5.41) is 0. The van der Waals surface area contributed by atoms with E-state index in [-0.39, 0.29) is 11.6 Å². The topological polar surface area (TPSA) is 25.2 Å². The number of rotatable bonds is 6. The van der Waals surface area contributed by atoms with Crippen LogP contribution in [0.4, 0.5) is 0 Å². The number of hydrogen-bond donors (Lipinski definition) is 0. The van der Waals surface area contributed by atoms with Crippen LogP contribution in [-0.4, -0.2) is 30.1 Å². The summed E-state index contributed by atoms with van der Waals surface area (Å²) in [7, 11) is 4.15. The van der Waals surface area contributed by atoms with Crippen LogP contribution in [0.15, 0.2) is 17.1 Å². The van der Waals surface area contributed by atoms with E-state index in [1.54, 1.807) is 6.07 Å². The second-order valence-corrected chi connectivity index (χ2v) is 6.26. The maximum atomic E-state index is 12.1. The maximum absolute atomic E-state index is 12.1. The lowest BCUT2D eigenvalue weighted by Gasteiger charge is -2.20. The summed E-state index contributed by atoms with van der Waals surface area (Å²) in [5.41, 5.74) is 2.52. The van der Waals surface area contributed by atoms with Crippen molar-refractivity contribution < 1.29 is 0 Å². The van der Waals surface area contributed by atoms with Gasteiger partial charge in [-0.2, -0.15) is 0 Å². The van der Waals surface area contributed by atoms with Gasteiger partial charge in [-0.15, -0.1) is 0 Å². The molecule has 1 aromatic heterocycles. The van der Waals surface area contributed by atoms with Gasteiger partial charge < -0.3 is 9.47 Å². The lowest BCUT2D eigenvalue weighted by Crippen LogP contribution is -2.25. The number of hydrogen-bond acceptors (Lipinski definition) is 2. The van der Waals surface area contributed by atoms with Crippen molar-refractivity contribution >= 4 is 0 Å². The molecule has 19 heavy (non-hydrogen) atoms. The molecule has 0 aromatic carbocycles. The van der Waals surface area contributed by atoms with E-state index in [1.807, 2.05) is 11.5 Å². The van der Waals surface area contributed by atoms with Gasteiger partial charge >= 0.3 is 0 Å². The normalized spacial score (nSPS) is 13.3. The van der Waals surface area contributed by atoms with Gasteiger partial charge in [-0.3, -0.25) is 4.79 Å². The van der Waals surface area contributed by atoms with Gasteiger partial charge in [0, 0.05) is 24.8 Å². The van der Waals surface area contributed by atoms with Gasteiger partial charge in [0.05, 0.1) is 0 Å². The molecule has 1 atom stereocenters. The van der Waals surface area contributed by atoms with Gasteiger partial charge in [-0.1, -0.05) is 13.8 Å². The highest BCUT2D eigenvalue weighted by molar-refractivity contribution is 5.23. The Bertz CT molecular complexity index is 460. The highest BCUT2D eigenvalue weighted by Crippen LogP contribution is 2.16. The zero-order valence-electron chi connectivity index (χ0n) is 13.2. The molecule has 3 nitrogen and oxygen atoms in total. The summed E-state index contributed by atoms with van der Waals surface area (Å²) < 4.78 is 1.90. The van der Waals surface area contributed by atoms with E-state index in [9.17, 15) is 4.79 Å². The molecule has 3 heteroatoms. The highest BCUT2D eigenvalue weighted by atomic mass is 16.1. The molecule has 0 spiro atoms. The Morgan fingerprint density at radius 3 is 2.42 bits per heavy atom. The third kappa shape index (κ3) is 4.83. The van der Waals surface area contributed by atoms with Gasteiger partial charge in [-0.05, 0) is 57.8 Å². The first-order valence-electron chi connectivity index (χ1n) is 7.17. The summed E-state index contributed by atoms with van der Waals surface area (Å²) >= 11 is 0. The Kier molecular flexibility index (Phi) is 5.80. The van der Waals surface area contributed by atoms with Gasteiger partial charge in [0.1, 0.15) is 0 Å². The molecule has 1 rings (SSSR count). The Labute approximate surface area is 117 Å². The Hall–Kier alpha value is -1.09. The maximum Gasteiger partial charge on any atom is 0.251 e. The van der Waals surface area contributed by atoms with Crippen LogP contribution in [0.2, 0.25) is 0 Å². The van der Waals surface area contributed by atoms with Crippen molar-refractivity contribution in [1.82, 2.24) is 9.47 Å². The fourth-order valence-corrected chi connectivity index (χ4v) is 2.43. The summed E-state index contributed by atoms with van der Waals surface area (Å²) in [5.74, 6) is 0.605. The standard InChI is InChI=1S/C16H28N2O/c1-12(2)9-14(4)18-11-15(7-8-17(5)6)13(3)10-16(18)19/h10-12,14H,7-9H2,1-6H3. The molecule has 0 radical (unpaired) electrons. The van der Waals surface area contributed by atoms with Crippen LogP contribution in [0.1, 0.15) is 44.4 Å². The predicted octanol–water partition coefficient (Wildman–Crippen LogP) is 2.87. The molecule has 0 bridgehead atoms. The second kappa shape index (κ2) is 6.90. The molecule has 1 aromatic rings. The third-order valence-corrected chi connectivity index (χ3v) is 3.51. The van der Waals surface area contributed by atoms with Crippen LogP contribution in [-0.2, 0) is 6.42 Å². The highest BCUT2D eigenvalue weighted by Gasteiger charge is 2.11. The first-order chi connectivity index (χ1) is 8.81. The fourth-order valence-electron chi connectivity index (χ4n) is 2.43. The number of pyridine rings is 1. The SMILES string of the molecule is Cc1cc(=O)n(C(C)CC(C)C)cc1CCN(C)C. The average molecular weight is 264 g/mol. The summed E-state index contributed by atoms with van der Waals surface area (Å²) in [4.78, 5) is 14.3. The molecule has 0 amide bonds. The van der Waals surface area contributed by atoms with Crippen LogP contribution in [0.25, 0.3) is 0 Å². The Morgan fingerprint density at radius 1 is 1.26 bits per heavy atom. The lowest BCUT2D eigenvalue weighted by molar-refractivity contribution is 0.405. The molecular formula is C16H28N2O. The summed E-state index contributed by atoms with van der Waals surface area (Å²) in [6.45, 7) is 9.57. The Morgan fingerprint density at radius 2 is 1.89 bits per heavy atom. The smallest absolute Gasteiger partial charge is 0.251 e. The molecule has 0 saturated carbocycles.